The zero-order valence-corrected chi connectivity index (χ0v) is 12.9. The zero-order valence-electron chi connectivity index (χ0n) is 11.4. The molecule has 1 heterocycles. The van der Waals surface area contributed by atoms with Crippen LogP contribution in [0.25, 0.3) is 0 Å². The van der Waals surface area contributed by atoms with Crippen molar-refractivity contribution in [3.63, 3.8) is 0 Å². The van der Waals surface area contributed by atoms with Gasteiger partial charge in [-0.2, -0.15) is 4.99 Å². The second kappa shape index (κ2) is 5.50. The summed E-state index contributed by atoms with van der Waals surface area (Å²) < 4.78 is 0. The molecule has 0 fully saturated rings. The lowest BCUT2D eigenvalue weighted by molar-refractivity contribution is 0.408. The van der Waals surface area contributed by atoms with E-state index in [0.29, 0.717) is 16.0 Å². The molecule has 0 amide bonds. The van der Waals surface area contributed by atoms with Crippen molar-refractivity contribution in [2.75, 3.05) is 4.90 Å². The Labute approximate surface area is 128 Å². The fourth-order valence-corrected chi connectivity index (χ4v) is 2.68. The number of halogens is 2. The highest BCUT2D eigenvalue weighted by Gasteiger charge is 2.38. The highest BCUT2D eigenvalue weighted by molar-refractivity contribution is 6.42. The Morgan fingerprint density at radius 3 is 2.35 bits per heavy atom. The van der Waals surface area contributed by atoms with Gasteiger partial charge in [0.25, 0.3) is 0 Å². The number of anilines is 1. The molecule has 0 atom stereocenters. The van der Waals surface area contributed by atoms with Gasteiger partial charge < -0.3 is 11.5 Å². The SMILES string of the molecule is CCC1(CC)N=C(N)N=C(N)N1c1ccc(Cl)c(Cl)c1. The third kappa shape index (κ3) is 2.43. The van der Waals surface area contributed by atoms with Gasteiger partial charge in [-0.05, 0) is 31.0 Å². The smallest absolute Gasteiger partial charge is 0.220 e. The first-order valence-electron chi connectivity index (χ1n) is 6.38. The molecule has 7 heteroatoms. The maximum absolute atomic E-state index is 6.09. The summed E-state index contributed by atoms with van der Waals surface area (Å²) in [6, 6.07) is 5.32. The molecule has 2 rings (SSSR count). The number of nitrogens with zero attached hydrogens (tertiary/aromatic N) is 3. The monoisotopic (exact) mass is 313 g/mol. The Bertz CT molecular complexity index is 578. The summed E-state index contributed by atoms with van der Waals surface area (Å²) in [5.74, 6) is 0.502. The minimum absolute atomic E-state index is 0.197. The van der Waals surface area contributed by atoms with E-state index in [-0.39, 0.29) is 5.96 Å². The Kier molecular flexibility index (Phi) is 4.11. The zero-order chi connectivity index (χ0) is 14.9. The summed E-state index contributed by atoms with van der Waals surface area (Å²) in [6.07, 6.45) is 1.47. The van der Waals surface area contributed by atoms with Crippen molar-refractivity contribution in [3.8, 4) is 0 Å². The molecular formula is C13H17Cl2N5. The van der Waals surface area contributed by atoms with Gasteiger partial charge in [0.15, 0.2) is 0 Å². The van der Waals surface area contributed by atoms with Crippen LogP contribution in [0.4, 0.5) is 5.69 Å². The second-order valence-electron chi connectivity index (χ2n) is 4.56. The van der Waals surface area contributed by atoms with Crippen LogP contribution in [0.3, 0.4) is 0 Å². The number of benzene rings is 1. The van der Waals surface area contributed by atoms with Crippen LogP contribution >= 0.6 is 23.2 Å². The van der Waals surface area contributed by atoms with E-state index >= 15 is 0 Å². The Morgan fingerprint density at radius 1 is 1.15 bits per heavy atom. The molecule has 4 N–H and O–H groups in total. The number of hydrogen-bond acceptors (Lipinski definition) is 5. The quantitative estimate of drug-likeness (QED) is 0.900. The third-order valence-electron chi connectivity index (χ3n) is 3.49. The predicted molar refractivity (Wildman–Crippen MR) is 85.5 cm³/mol. The minimum Gasteiger partial charge on any atom is -0.369 e. The van der Waals surface area contributed by atoms with E-state index in [2.05, 4.69) is 9.98 Å². The van der Waals surface area contributed by atoms with E-state index in [1.807, 2.05) is 24.8 Å². The lowest BCUT2D eigenvalue weighted by Crippen LogP contribution is -2.57. The normalized spacial score (nSPS) is 17.7. The van der Waals surface area contributed by atoms with Crippen LogP contribution in [0.15, 0.2) is 28.2 Å². The molecule has 1 aliphatic rings. The summed E-state index contributed by atoms with van der Waals surface area (Å²) in [7, 11) is 0. The molecule has 0 aromatic heterocycles. The average Bonchev–Trinajstić information content (AvgIpc) is 2.41. The molecule has 0 aliphatic carbocycles. The molecule has 1 aliphatic heterocycles. The van der Waals surface area contributed by atoms with Crippen molar-refractivity contribution in [2.24, 2.45) is 21.5 Å². The number of rotatable bonds is 3. The summed E-state index contributed by atoms with van der Waals surface area (Å²) in [5.41, 5.74) is 12.1. The summed E-state index contributed by atoms with van der Waals surface area (Å²) >= 11 is 12.0. The third-order valence-corrected chi connectivity index (χ3v) is 4.23. The highest BCUT2D eigenvalue weighted by Crippen LogP contribution is 2.35. The summed E-state index contributed by atoms with van der Waals surface area (Å²) in [4.78, 5) is 10.4. The van der Waals surface area contributed by atoms with Gasteiger partial charge in [0.05, 0.1) is 10.0 Å². The predicted octanol–water partition coefficient (Wildman–Crippen LogP) is 2.96. The fraction of sp³-hybridized carbons (Fsp3) is 0.385. The molecule has 1 aromatic rings. The van der Waals surface area contributed by atoms with Crippen molar-refractivity contribution >= 4 is 40.8 Å². The summed E-state index contributed by atoms with van der Waals surface area (Å²) in [5, 5.41) is 0.949. The van der Waals surface area contributed by atoms with E-state index < -0.39 is 5.66 Å². The molecule has 1 aromatic carbocycles. The van der Waals surface area contributed by atoms with Gasteiger partial charge in [-0.15, -0.1) is 0 Å². The van der Waals surface area contributed by atoms with E-state index in [9.17, 15) is 0 Å². The van der Waals surface area contributed by atoms with Crippen LogP contribution in [0.5, 0.6) is 0 Å². The van der Waals surface area contributed by atoms with Crippen LogP contribution in [0.1, 0.15) is 26.7 Å². The van der Waals surface area contributed by atoms with E-state index in [0.717, 1.165) is 18.5 Å². The lowest BCUT2D eigenvalue weighted by atomic mass is 10.0. The largest absolute Gasteiger partial charge is 0.369 e. The van der Waals surface area contributed by atoms with Crippen molar-refractivity contribution in [1.29, 1.82) is 0 Å². The Balaban J connectivity index is 2.56. The van der Waals surface area contributed by atoms with Gasteiger partial charge in [-0.1, -0.05) is 37.0 Å². The first-order chi connectivity index (χ1) is 9.43. The van der Waals surface area contributed by atoms with Gasteiger partial charge in [0.1, 0.15) is 5.66 Å². The Hall–Kier alpha value is -1.46. The number of nitrogens with two attached hydrogens (primary N) is 2. The Morgan fingerprint density at radius 2 is 1.80 bits per heavy atom. The maximum atomic E-state index is 6.09. The van der Waals surface area contributed by atoms with Crippen molar-refractivity contribution in [3.05, 3.63) is 28.2 Å². The van der Waals surface area contributed by atoms with Crippen LogP contribution in [-0.2, 0) is 0 Å². The lowest BCUT2D eigenvalue weighted by Gasteiger charge is -2.42. The summed E-state index contributed by atoms with van der Waals surface area (Å²) in [6.45, 7) is 4.06. The minimum atomic E-state index is -0.549. The van der Waals surface area contributed by atoms with Crippen molar-refractivity contribution < 1.29 is 0 Å². The molecule has 0 spiro atoms. The van der Waals surface area contributed by atoms with Crippen LogP contribution in [-0.4, -0.2) is 17.6 Å². The van der Waals surface area contributed by atoms with Gasteiger partial charge >= 0.3 is 0 Å². The van der Waals surface area contributed by atoms with E-state index in [1.165, 1.54) is 0 Å². The molecule has 20 heavy (non-hydrogen) atoms. The van der Waals surface area contributed by atoms with Crippen molar-refractivity contribution in [1.82, 2.24) is 0 Å². The maximum Gasteiger partial charge on any atom is 0.220 e. The van der Waals surface area contributed by atoms with Gasteiger partial charge in [0, 0.05) is 5.69 Å². The number of aliphatic imine (C=N–C) groups is 2. The van der Waals surface area contributed by atoms with E-state index in [1.54, 1.807) is 12.1 Å². The average molecular weight is 314 g/mol. The second-order valence-corrected chi connectivity index (χ2v) is 5.38. The first-order valence-corrected chi connectivity index (χ1v) is 7.14. The fourth-order valence-electron chi connectivity index (χ4n) is 2.39. The van der Waals surface area contributed by atoms with Gasteiger partial charge in [-0.25, -0.2) is 4.99 Å². The first kappa shape index (κ1) is 14.9. The van der Waals surface area contributed by atoms with Gasteiger partial charge in [-0.3, -0.25) is 4.90 Å². The topological polar surface area (TPSA) is 80.0 Å². The van der Waals surface area contributed by atoms with Crippen LogP contribution in [0, 0.1) is 0 Å². The van der Waals surface area contributed by atoms with Crippen molar-refractivity contribution in [2.45, 2.75) is 32.4 Å². The van der Waals surface area contributed by atoms with E-state index in [4.69, 9.17) is 34.7 Å². The molecule has 0 saturated carbocycles. The molecule has 5 nitrogen and oxygen atoms in total. The highest BCUT2D eigenvalue weighted by atomic mass is 35.5. The van der Waals surface area contributed by atoms with Crippen LogP contribution < -0.4 is 16.4 Å². The molecule has 0 radical (unpaired) electrons. The molecule has 108 valence electrons. The number of guanidine groups is 2. The number of hydrogen-bond donors (Lipinski definition) is 2. The standard InChI is InChI=1S/C13H17Cl2N5/c1-3-13(4-2)19-11(16)18-12(17)20(13)8-5-6-9(14)10(15)7-8/h5-7H,3-4H2,1-2H3,(H4,16,17,18,19). The molecule has 0 saturated heterocycles. The van der Waals surface area contributed by atoms with Crippen LogP contribution in [0.2, 0.25) is 10.0 Å². The molecular weight excluding hydrogens is 297 g/mol. The molecule has 0 unspecified atom stereocenters. The molecule has 0 bridgehead atoms. The van der Waals surface area contributed by atoms with Gasteiger partial charge in [0.2, 0.25) is 11.9 Å².